The third kappa shape index (κ3) is 5.91. The number of ether oxygens (including phenoxy) is 6. The summed E-state index contributed by atoms with van der Waals surface area (Å²) >= 11 is 0. The molecule has 4 saturated heterocycles. The summed E-state index contributed by atoms with van der Waals surface area (Å²) in [6.45, 7) is 11.6. The molecule has 8 fully saturated rings. The zero-order valence-corrected chi connectivity index (χ0v) is 31.1. The minimum absolute atomic E-state index is 0.190. The van der Waals surface area contributed by atoms with Crippen LogP contribution in [0.4, 0.5) is 0 Å². The van der Waals surface area contributed by atoms with Crippen LogP contribution in [-0.2, 0) is 28.4 Å². The first-order chi connectivity index (χ1) is 24.2. The first kappa shape index (κ1) is 37.4. The van der Waals surface area contributed by atoms with Crippen LogP contribution in [0.15, 0.2) is 0 Å². The number of hydrogen-bond acceptors (Lipinski definition) is 12. The van der Waals surface area contributed by atoms with Crippen LogP contribution in [-0.4, -0.2) is 123 Å². The van der Waals surface area contributed by atoms with Crippen LogP contribution in [0.5, 0.6) is 0 Å². The van der Waals surface area contributed by atoms with E-state index >= 15 is 0 Å². The van der Waals surface area contributed by atoms with Crippen LogP contribution in [0.2, 0.25) is 0 Å². The molecule has 0 aromatic rings. The van der Waals surface area contributed by atoms with E-state index < -0.39 is 73.8 Å². The Morgan fingerprint density at radius 3 is 2.20 bits per heavy atom. The summed E-state index contributed by atoms with van der Waals surface area (Å²) in [5.74, 6) is 3.63. The molecule has 12 heteroatoms. The molecule has 4 aliphatic heterocycles. The number of aliphatic hydroxyl groups is 6. The second kappa shape index (κ2) is 13.6. The van der Waals surface area contributed by atoms with E-state index in [9.17, 15) is 30.6 Å². The predicted octanol–water partition coefficient (Wildman–Crippen LogP) is 2.47. The second-order valence-electron chi connectivity index (χ2n) is 18.7. The van der Waals surface area contributed by atoms with Crippen molar-refractivity contribution in [3.8, 4) is 0 Å². The fraction of sp³-hybridized carbons (Fsp3) is 1.00. The van der Waals surface area contributed by atoms with Crippen molar-refractivity contribution >= 4 is 0 Å². The molecular formula is C39H64O12. The van der Waals surface area contributed by atoms with E-state index in [1.807, 2.05) is 0 Å². The molecule has 0 bridgehead atoms. The average molecular weight is 725 g/mol. The lowest BCUT2D eigenvalue weighted by atomic mass is 9.44. The maximum Gasteiger partial charge on any atom is 0.187 e. The Bertz CT molecular complexity index is 1250. The Morgan fingerprint density at radius 1 is 0.706 bits per heavy atom. The Hall–Kier alpha value is -0.480. The van der Waals surface area contributed by atoms with Gasteiger partial charge in [-0.15, -0.1) is 0 Å². The molecule has 4 aliphatic carbocycles. The lowest BCUT2D eigenvalue weighted by Gasteiger charge is -2.61. The molecule has 6 N–H and O–H groups in total. The number of rotatable bonds is 5. The van der Waals surface area contributed by atoms with Crippen molar-refractivity contribution < 1.29 is 59.1 Å². The van der Waals surface area contributed by atoms with Gasteiger partial charge in [0.25, 0.3) is 0 Å². The van der Waals surface area contributed by atoms with Gasteiger partial charge in [0.2, 0.25) is 0 Å². The highest BCUT2D eigenvalue weighted by molar-refractivity contribution is 5.15. The van der Waals surface area contributed by atoms with Crippen molar-refractivity contribution in [2.75, 3.05) is 13.2 Å². The molecule has 22 atom stereocenters. The summed E-state index contributed by atoms with van der Waals surface area (Å²) in [6.07, 6.45) is -2.28. The Morgan fingerprint density at radius 2 is 1.47 bits per heavy atom. The first-order valence-electron chi connectivity index (χ1n) is 20.2. The summed E-state index contributed by atoms with van der Waals surface area (Å²) < 4.78 is 37.7. The summed E-state index contributed by atoms with van der Waals surface area (Å²) in [5.41, 5.74) is 0.464. The van der Waals surface area contributed by atoms with Gasteiger partial charge in [-0.05, 0) is 111 Å². The lowest BCUT2D eigenvalue weighted by molar-refractivity contribution is -0.371. The quantitative estimate of drug-likeness (QED) is 0.229. The van der Waals surface area contributed by atoms with Crippen molar-refractivity contribution in [2.45, 2.75) is 178 Å². The van der Waals surface area contributed by atoms with Gasteiger partial charge in [0, 0.05) is 12.3 Å². The van der Waals surface area contributed by atoms with Crippen LogP contribution < -0.4 is 0 Å². The minimum Gasteiger partial charge on any atom is -0.394 e. The van der Waals surface area contributed by atoms with E-state index in [1.165, 1.54) is 25.7 Å². The van der Waals surface area contributed by atoms with Crippen LogP contribution in [0, 0.1) is 52.3 Å². The highest BCUT2D eigenvalue weighted by Gasteiger charge is 2.69. The van der Waals surface area contributed by atoms with Gasteiger partial charge in [-0.2, -0.15) is 0 Å². The Balaban J connectivity index is 0.941. The fourth-order valence-electron chi connectivity index (χ4n) is 13.1. The highest BCUT2D eigenvalue weighted by atomic mass is 16.8. The number of hydrogen-bond donors (Lipinski definition) is 6. The molecule has 8 aliphatic rings. The minimum atomic E-state index is -1.60. The second-order valence-corrected chi connectivity index (χ2v) is 18.7. The molecule has 4 heterocycles. The SMILES string of the molecule is C[C@@H]1CC[C@@]2(OC1)O[C@H]1C[C@H]3[C@@H]4CCC5C[C@@H](O[C@@H]6O[C@H](CO)[C@H](O)[C@H](O)[C@H]6O[C@@H]6O[C@@H](C)[C@H](O)[C@@H](O)[C@H]6O)CC[C@]5(C)[C@H]4CC[C@]3(C)[C@H]1[C@@H]2C. The Kier molecular flexibility index (Phi) is 10.00. The van der Waals surface area contributed by atoms with E-state index in [2.05, 4.69) is 27.7 Å². The molecule has 51 heavy (non-hydrogen) atoms. The van der Waals surface area contributed by atoms with Crippen molar-refractivity contribution in [2.24, 2.45) is 52.3 Å². The maximum atomic E-state index is 11.1. The van der Waals surface area contributed by atoms with Crippen LogP contribution in [0.1, 0.15) is 98.8 Å². The number of fused-ring (bicyclic) bond motifs is 7. The van der Waals surface area contributed by atoms with Crippen molar-refractivity contribution in [3.05, 3.63) is 0 Å². The topological polar surface area (TPSA) is 177 Å². The van der Waals surface area contributed by atoms with E-state index in [0.29, 0.717) is 41.4 Å². The molecule has 4 saturated carbocycles. The molecule has 1 unspecified atom stereocenters. The van der Waals surface area contributed by atoms with E-state index in [0.717, 1.165) is 45.1 Å². The van der Waals surface area contributed by atoms with Crippen molar-refractivity contribution in [3.63, 3.8) is 0 Å². The van der Waals surface area contributed by atoms with Crippen LogP contribution in [0.3, 0.4) is 0 Å². The monoisotopic (exact) mass is 724 g/mol. The van der Waals surface area contributed by atoms with Gasteiger partial charge < -0.3 is 59.1 Å². The molecule has 0 amide bonds. The summed E-state index contributed by atoms with van der Waals surface area (Å²) in [4.78, 5) is 0. The zero-order valence-electron chi connectivity index (χ0n) is 31.1. The van der Waals surface area contributed by atoms with Crippen LogP contribution in [0.25, 0.3) is 0 Å². The molecule has 292 valence electrons. The van der Waals surface area contributed by atoms with Gasteiger partial charge in [-0.3, -0.25) is 0 Å². The van der Waals surface area contributed by atoms with Gasteiger partial charge in [-0.25, -0.2) is 0 Å². The molecule has 8 rings (SSSR count). The molecular weight excluding hydrogens is 660 g/mol. The van der Waals surface area contributed by atoms with Gasteiger partial charge in [0.1, 0.15) is 42.7 Å². The lowest BCUT2D eigenvalue weighted by Crippen LogP contribution is -2.64. The summed E-state index contributed by atoms with van der Waals surface area (Å²) in [7, 11) is 0. The van der Waals surface area contributed by atoms with Crippen molar-refractivity contribution in [1.82, 2.24) is 0 Å². The molecule has 12 nitrogen and oxygen atoms in total. The maximum absolute atomic E-state index is 11.1. The third-order valence-corrected chi connectivity index (χ3v) is 16.1. The van der Waals surface area contributed by atoms with Gasteiger partial charge in [0.15, 0.2) is 18.4 Å². The standard InChI is InChI=1S/C39H64O12/c1-18-8-13-39(46-17-18)19(2)28-26(51-39)15-25-23-7-6-21-14-22(9-11-37(21,4)24(23)10-12-38(25,28)5)48-36-34(32(44)30(42)27(16-40)49-36)50-35-33(45)31(43)29(41)20(3)47-35/h18-36,40-45H,6-17H2,1-5H3/t18-,19+,20+,21?,22+,23-,24+,25+,26+,27-,28+,29+,30+,31-,32+,33-,34-,35+,36-,37+,38+,39-/m1/s1. The average Bonchev–Trinajstić information content (AvgIpc) is 3.56. The van der Waals surface area contributed by atoms with Gasteiger partial charge in [-0.1, -0.05) is 27.7 Å². The molecule has 0 radical (unpaired) electrons. The summed E-state index contributed by atoms with van der Waals surface area (Å²) in [6, 6.07) is 0. The van der Waals surface area contributed by atoms with E-state index in [1.54, 1.807) is 6.92 Å². The largest absolute Gasteiger partial charge is 0.394 e. The third-order valence-electron chi connectivity index (χ3n) is 16.1. The number of aliphatic hydroxyl groups excluding tert-OH is 6. The van der Waals surface area contributed by atoms with E-state index in [-0.39, 0.29) is 23.0 Å². The zero-order chi connectivity index (χ0) is 36.2. The van der Waals surface area contributed by atoms with Crippen LogP contribution >= 0.6 is 0 Å². The summed E-state index contributed by atoms with van der Waals surface area (Å²) in [5, 5.41) is 62.9. The Labute approximate surface area is 302 Å². The first-order valence-corrected chi connectivity index (χ1v) is 20.2. The predicted molar refractivity (Wildman–Crippen MR) is 182 cm³/mol. The fourth-order valence-corrected chi connectivity index (χ4v) is 13.1. The van der Waals surface area contributed by atoms with Crippen molar-refractivity contribution in [1.29, 1.82) is 0 Å². The molecule has 1 spiro atoms. The molecule has 0 aromatic carbocycles. The van der Waals surface area contributed by atoms with Gasteiger partial charge in [0.05, 0.1) is 31.5 Å². The van der Waals surface area contributed by atoms with E-state index in [4.69, 9.17) is 28.4 Å². The van der Waals surface area contributed by atoms with Gasteiger partial charge >= 0.3 is 0 Å². The normalized spacial score (nSPS) is 59.9. The highest BCUT2D eigenvalue weighted by Crippen LogP contribution is 2.71. The smallest absolute Gasteiger partial charge is 0.187 e. The molecule has 0 aromatic heterocycles.